The van der Waals surface area contributed by atoms with Gasteiger partial charge in [-0.15, -0.1) is 0 Å². The lowest BCUT2D eigenvalue weighted by Crippen LogP contribution is -2.20. The summed E-state index contributed by atoms with van der Waals surface area (Å²) >= 11 is 0. The third-order valence-corrected chi connectivity index (χ3v) is 3.53. The summed E-state index contributed by atoms with van der Waals surface area (Å²) in [5.41, 5.74) is 3.41. The molecule has 114 valence electrons. The zero-order valence-corrected chi connectivity index (χ0v) is 13.8. The number of ether oxygens (including phenoxy) is 1. The highest BCUT2D eigenvalue weighted by Gasteiger charge is 2.20. The molecule has 0 radical (unpaired) electrons. The molecule has 1 rings (SSSR count). The van der Waals surface area contributed by atoms with Gasteiger partial charge in [-0.3, -0.25) is 0 Å². The van der Waals surface area contributed by atoms with E-state index >= 15 is 0 Å². The molecule has 4 nitrogen and oxygen atoms in total. The van der Waals surface area contributed by atoms with E-state index in [4.69, 9.17) is 4.74 Å². The highest BCUT2D eigenvalue weighted by molar-refractivity contribution is 5.25. The minimum Gasteiger partial charge on any atom is -0.373 e. The molecule has 0 fully saturated rings. The number of nitrogens with zero attached hydrogens (tertiary/aromatic N) is 2. The molecule has 0 bridgehead atoms. The minimum absolute atomic E-state index is 0.0281. The van der Waals surface area contributed by atoms with Gasteiger partial charge in [0, 0.05) is 18.5 Å². The van der Waals surface area contributed by atoms with Crippen LogP contribution in [0.1, 0.15) is 56.1 Å². The van der Waals surface area contributed by atoms with Crippen molar-refractivity contribution in [1.82, 2.24) is 15.3 Å². The topological polar surface area (TPSA) is 47.0 Å². The van der Waals surface area contributed by atoms with Crippen molar-refractivity contribution >= 4 is 0 Å². The van der Waals surface area contributed by atoms with Gasteiger partial charge in [0.05, 0.1) is 0 Å². The smallest absolute Gasteiger partial charge is 0.157 e. The number of nitrogens with one attached hydrogen (secondary N) is 1. The van der Waals surface area contributed by atoms with Crippen LogP contribution in [0.3, 0.4) is 0 Å². The largest absolute Gasteiger partial charge is 0.373 e. The van der Waals surface area contributed by atoms with Gasteiger partial charge in [-0.1, -0.05) is 20.8 Å². The van der Waals surface area contributed by atoms with Gasteiger partial charge in [0.2, 0.25) is 0 Å². The Kier molecular flexibility index (Phi) is 7.10. The van der Waals surface area contributed by atoms with Gasteiger partial charge in [0.15, 0.2) is 5.82 Å². The van der Waals surface area contributed by atoms with E-state index in [2.05, 4.69) is 49.9 Å². The summed E-state index contributed by atoms with van der Waals surface area (Å²) in [4.78, 5) is 9.32. The first kappa shape index (κ1) is 17.1. The molecule has 0 aliphatic heterocycles. The fourth-order valence-corrected chi connectivity index (χ4v) is 2.45. The molecule has 0 saturated carbocycles. The van der Waals surface area contributed by atoms with E-state index in [1.807, 2.05) is 0 Å². The van der Waals surface area contributed by atoms with Crippen molar-refractivity contribution in [2.24, 2.45) is 5.92 Å². The van der Waals surface area contributed by atoms with E-state index < -0.39 is 0 Å². The molecule has 0 spiro atoms. The first-order chi connectivity index (χ1) is 9.51. The van der Waals surface area contributed by atoms with Crippen molar-refractivity contribution in [2.45, 2.75) is 53.6 Å². The van der Waals surface area contributed by atoms with Crippen LogP contribution in [0.15, 0.2) is 0 Å². The predicted molar refractivity (Wildman–Crippen MR) is 83.0 cm³/mol. The first-order valence-electron chi connectivity index (χ1n) is 7.58. The molecule has 1 heterocycles. The Balaban J connectivity index is 2.85. The normalized spacial score (nSPS) is 12.9. The fourth-order valence-electron chi connectivity index (χ4n) is 2.45. The van der Waals surface area contributed by atoms with Gasteiger partial charge in [0.1, 0.15) is 6.10 Å². The predicted octanol–water partition coefficient (Wildman–Crippen LogP) is 2.98. The summed E-state index contributed by atoms with van der Waals surface area (Å²) in [6.07, 6.45) is 2.12. The standard InChI is InChI=1S/C16H29N3O/c1-7-9-17-10-8-14-12(4)18-16(19-13(14)5)15(20-6)11(2)3/h11,15,17H,7-10H2,1-6H3. The Bertz CT molecular complexity index is 395. The third-order valence-electron chi connectivity index (χ3n) is 3.53. The summed E-state index contributed by atoms with van der Waals surface area (Å²) in [6, 6.07) is 0. The zero-order chi connectivity index (χ0) is 15.1. The Morgan fingerprint density at radius 2 is 1.70 bits per heavy atom. The Morgan fingerprint density at radius 1 is 1.10 bits per heavy atom. The van der Waals surface area contributed by atoms with Gasteiger partial charge in [-0.05, 0) is 51.3 Å². The second kappa shape index (κ2) is 8.32. The number of aromatic nitrogens is 2. The minimum atomic E-state index is -0.0281. The molecule has 1 unspecified atom stereocenters. The van der Waals surface area contributed by atoms with Crippen LogP contribution in [-0.2, 0) is 11.2 Å². The van der Waals surface area contributed by atoms with Crippen molar-refractivity contribution in [3.05, 3.63) is 22.8 Å². The van der Waals surface area contributed by atoms with Crippen LogP contribution in [0.4, 0.5) is 0 Å². The summed E-state index contributed by atoms with van der Waals surface area (Å²) in [7, 11) is 1.72. The number of hydrogen-bond acceptors (Lipinski definition) is 4. The van der Waals surface area contributed by atoms with Crippen molar-refractivity contribution in [1.29, 1.82) is 0 Å². The van der Waals surface area contributed by atoms with Crippen LogP contribution in [0.2, 0.25) is 0 Å². The van der Waals surface area contributed by atoms with Crippen molar-refractivity contribution in [2.75, 3.05) is 20.2 Å². The molecule has 0 amide bonds. The maximum absolute atomic E-state index is 5.52. The van der Waals surface area contributed by atoms with E-state index in [0.717, 1.165) is 43.1 Å². The Morgan fingerprint density at radius 3 is 2.15 bits per heavy atom. The lowest BCUT2D eigenvalue weighted by atomic mass is 10.0. The van der Waals surface area contributed by atoms with Crippen LogP contribution in [-0.4, -0.2) is 30.2 Å². The van der Waals surface area contributed by atoms with Gasteiger partial charge in [-0.25, -0.2) is 9.97 Å². The number of hydrogen-bond donors (Lipinski definition) is 1. The molecule has 0 aromatic carbocycles. The van der Waals surface area contributed by atoms with E-state index in [1.165, 1.54) is 5.56 Å². The van der Waals surface area contributed by atoms with Gasteiger partial charge < -0.3 is 10.1 Å². The molecule has 4 heteroatoms. The molecule has 0 saturated heterocycles. The average Bonchev–Trinajstić information content (AvgIpc) is 2.37. The van der Waals surface area contributed by atoms with E-state index in [0.29, 0.717) is 5.92 Å². The molecule has 20 heavy (non-hydrogen) atoms. The SMILES string of the molecule is CCCNCCc1c(C)nc(C(OC)C(C)C)nc1C. The zero-order valence-electron chi connectivity index (χ0n) is 13.8. The molecular formula is C16H29N3O. The van der Waals surface area contributed by atoms with Crippen molar-refractivity contribution in [3.63, 3.8) is 0 Å². The van der Waals surface area contributed by atoms with Crippen LogP contribution in [0, 0.1) is 19.8 Å². The molecular weight excluding hydrogens is 250 g/mol. The Hall–Kier alpha value is -1.00. The molecule has 1 aromatic rings. The second-order valence-electron chi connectivity index (χ2n) is 5.63. The molecule has 0 aliphatic rings. The molecule has 1 atom stereocenters. The second-order valence-corrected chi connectivity index (χ2v) is 5.63. The van der Waals surface area contributed by atoms with E-state index in [9.17, 15) is 0 Å². The monoisotopic (exact) mass is 279 g/mol. The molecule has 1 N–H and O–H groups in total. The highest BCUT2D eigenvalue weighted by Crippen LogP contribution is 2.23. The fraction of sp³-hybridized carbons (Fsp3) is 0.750. The molecule has 1 aromatic heterocycles. The van der Waals surface area contributed by atoms with Crippen LogP contribution >= 0.6 is 0 Å². The van der Waals surface area contributed by atoms with Crippen molar-refractivity contribution < 1.29 is 4.74 Å². The van der Waals surface area contributed by atoms with Crippen LogP contribution in [0.25, 0.3) is 0 Å². The highest BCUT2D eigenvalue weighted by atomic mass is 16.5. The maximum Gasteiger partial charge on any atom is 0.157 e. The lowest BCUT2D eigenvalue weighted by molar-refractivity contribution is 0.0571. The number of methoxy groups -OCH3 is 1. The summed E-state index contributed by atoms with van der Waals surface area (Å²) < 4.78 is 5.52. The number of rotatable bonds is 8. The average molecular weight is 279 g/mol. The van der Waals surface area contributed by atoms with Gasteiger partial charge in [-0.2, -0.15) is 0 Å². The van der Waals surface area contributed by atoms with Crippen molar-refractivity contribution in [3.8, 4) is 0 Å². The van der Waals surface area contributed by atoms with Crippen LogP contribution < -0.4 is 5.32 Å². The van der Waals surface area contributed by atoms with Crippen LogP contribution in [0.5, 0.6) is 0 Å². The summed E-state index contributed by atoms with van der Waals surface area (Å²) in [5.74, 6) is 1.18. The first-order valence-corrected chi connectivity index (χ1v) is 7.58. The van der Waals surface area contributed by atoms with Gasteiger partial charge >= 0.3 is 0 Å². The lowest BCUT2D eigenvalue weighted by Gasteiger charge is -2.20. The maximum atomic E-state index is 5.52. The van der Waals surface area contributed by atoms with Gasteiger partial charge in [0.25, 0.3) is 0 Å². The summed E-state index contributed by atoms with van der Waals surface area (Å²) in [6.45, 7) is 12.6. The third kappa shape index (κ3) is 4.53. The summed E-state index contributed by atoms with van der Waals surface area (Å²) in [5, 5.41) is 3.42. The van der Waals surface area contributed by atoms with E-state index in [1.54, 1.807) is 7.11 Å². The van der Waals surface area contributed by atoms with E-state index in [-0.39, 0.29) is 6.10 Å². The quantitative estimate of drug-likeness (QED) is 0.743. The molecule has 0 aliphatic carbocycles. The Labute approximate surface area is 123 Å². The number of aryl methyl sites for hydroxylation is 2.